The van der Waals surface area contributed by atoms with E-state index in [4.69, 9.17) is 0 Å². The highest BCUT2D eigenvalue weighted by Crippen LogP contribution is 2.15. The van der Waals surface area contributed by atoms with Gasteiger partial charge in [0.05, 0.1) is 18.6 Å². The summed E-state index contributed by atoms with van der Waals surface area (Å²) in [6.45, 7) is 5.06. The van der Waals surface area contributed by atoms with Crippen LogP contribution < -0.4 is 16.6 Å². The number of aliphatic hydroxyl groups is 1. The lowest BCUT2D eigenvalue weighted by Gasteiger charge is -2.22. The molecule has 0 spiro atoms. The van der Waals surface area contributed by atoms with Gasteiger partial charge in [0.25, 0.3) is 5.56 Å². The molecule has 2 N–H and O–H groups in total. The minimum atomic E-state index is -0.326. The summed E-state index contributed by atoms with van der Waals surface area (Å²) >= 11 is 0. The van der Waals surface area contributed by atoms with Crippen molar-refractivity contribution in [2.75, 3.05) is 6.54 Å². The first-order chi connectivity index (χ1) is 15.4. The maximum Gasteiger partial charge on any atom is 0.333 e. The summed E-state index contributed by atoms with van der Waals surface area (Å²) in [7, 11) is 3.46. The minimum Gasteiger partial charge on any atom is -0.393 e. The van der Waals surface area contributed by atoms with Gasteiger partial charge in [-0.3, -0.25) is 14.7 Å². The molecule has 0 radical (unpaired) electrons. The number of aromatic nitrogens is 4. The molecule has 32 heavy (non-hydrogen) atoms. The van der Waals surface area contributed by atoms with Gasteiger partial charge < -0.3 is 9.67 Å². The fraction of sp³-hybridized carbons (Fsp3) is 0.792. The molecule has 0 aromatic carbocycles. The lowest BCUT2D eigenvalue weighted by atomic mass is 10.0. The molecule has 2 rings (SSSR count). The van der Waals surface area contributed by atoms with Crippen molar-refractivity contribution < 1.29 is 5.11 Å². The third-order valence-corrected chi connectivity index (χ3v) is 6.26. The van der Waals surface area contributed by atoms with Crippen LogP contribution in [0.25, 0.3) is 11.2 Å². The summed E-state index contributed by atoms with van der Waals surface area (Å²) < 4.78 is 4.54. The number of aryl methyl sites for hydroxylation is 2. The van der Waals surface area contributed by atoms with Gasteiger partial charge in [-0.1, -0.05) is 65.2 Å². The molecule has 8 nitrogen and oxygen atoms in total. The van der Waals surface area contributed by atoms with Crippen LogP contribution in [0.15, 0.2) is 15.9 Å². The first kappa shape index (κ1) is 26.3. The molecule has 0 saturated carbocycles. The van der Waals surface area contributed by atoms with Crippen molar-refractivity contribution in [1.82, 2.24) is 24.0 Å². The predicted octanol–water partition coefficient (Wildman–Crippen LogP) is 3.60. The number of rotatable bonds is 16. The van der Waals surface area contributed by atoms with Gasteiger partial charge in [-0.05, 0) is 32.2 Å². The monoisotopic (exact) mass is 449 g/mol. The Morgan fingerprint density at radius 1 is 0.938 bits per heavy atom. The topological polar surface area (TPSA) is 94.1 Å². The van der Waals surface area contributed by atoms with Crippen molar-refractivity contribution >= 4 is 11.2 Å². The van der Waals surface area contributed by atoms with Gasteiger partial charge in [0.1, 0.15) is 0 Å². The second kappa shape index (κ2) is 13.6. The molecule has 0 aliphatic carbocycles. The van der Waals surface area contributed by atoms with Crippen molar-refractivity contribution in [3.63, 3.8) is 0 Å². The minimum absolute atomic E-state index is 0.190. The van der Waals surface area contributed by atoms with E-state index in [-0.39, 0.29) is 23.5 Å². The Bertz CT molecular complexity index is 930. The van der Waals surface area contributed by atoms with Crippen molar-refractivity contribution in [2.45, 2.75) is 103 Å². The Kier molecular flexibility index (Phi) is 11.2. The van der Waals surface area contributed by atoms with E-state index in [1.807, 2.05) is 0 Å². The van der Waals surface area contributed by atoms with Crippen molar-refractivity contribution in [2.24, 2.45) is 14.1 Å². The Morgan fingerprint density at radius 3 is 2.31 bits per heavy atom. The molecule has 2 unspecified atom stereocenters. The van der Waals surface area contributed by atoms with Crippen LogP contribution in [-0.2, 0) is 14.1 Å². The molecule has 0 fully saturated rings. The quantitative estimate of drug-likeness (QED) is 0.382. The van der Waals surface area contributed by atoms with Crippen molar-refractivity contribution in [3.8, 4) is 0 Å². The normalized spacial score (nSPS) is 13.7. The Balaban J connectivity index is 2.09. The Morgan fingerprint density at radius 2 is 1.62 bits per heavy atom. The van der Waals surface area contributed by atoms with Crippen LogP contribution in [0, 0.1) is 0 Å². The zero-order valence-electron chi connectivity index (χ0n) is 20.5. The zero-order valence-corrected chi connectivity index (χ0v) is 20.5. The lowest BCUT2D eigenvalue weighted by Crippen LogP contribution is -2.46. The van der Waals surface area contributed by atoms with E-state index in [0.29, 0.717) is 11.2 Å². The van der Waals surface area contributed by atoms with Crippen LogP contribution in [0.4, 0.5) is 0 Å². The molecule has 2 atom stereocenters. The number of nitrogens with zero attached hydrogens (tertiary/aromatic N) is 4. The number of unbranched alkanes of at least 4 members (excludes halogenated alkanes) is 6. The van der Waals surface area contributed by atoms with Gasteiger partial charge in [-0.2, -0.15) is 0 Å². The molecule has 8 heteroatoms. The molecule has 0 amide bonds. The summed E-state index contributed by atoms with van der Waals surface area (Å²) in [5.74, 6) is 0. The summed E-state index contributed by atoms with van der Waals surface area (Å²) in [5.41, 5.74) is 0.271. The molecule has 2 heterocycles. The predicted molar refractivity (Wildman–Crippen MR) is 130 cm³/mol. The summed E-state index contributed by atoms with van der Waals surface area (Å²) in [4.78, 5) is 30.6. The average Bonchev–Trinajstić information content (AvgIpc) is 3.16. The van der Waals surface area contributed by atoms with Crippen LogP contribution in [0.3, 0.4) is 0 Å². The fourth-order valence-electron chi connectivity index (χ4n) is 4.33. The van der Waals surface area contributed by atoms with E-state index in [0.717, 1.165) is 70.8 Å². The Hall–Kier alpha value is -1.93. The number of hydrogen-bond acceptors (Lipinski definition) is 5. The van der Waals surface area contributed by atoms with Gasteiger partial charge >= 0.3 is 5.69 Å². The van der Waals surface area contributed by atoms with Gasteiger partial charge in [0.2, 0.25) is 0 Å². The van der Waals surface area contributed by atoms with Crippen LogP contribution in [0.5, 0.6) is 0 Å². The molecule has 2 aromatic rings. The lowest BCUT2D eigenvalue weighted by molar-refractivity contribution is 0.150. The second-order valence-electron chi connectivity index (χ2n) is 9.01. The number of fused-ring (bicyclic) bond motifs is 1. The summed E-state index contributed by atoms with van der Waals surface area (Å²) in [6.07, 6.45) is 13.1. The Labute approximate surface area is 191 Å². The molecule has 0 bridgehead atoms. The highest BCUT2D eigenvalue weighted by Gasteiger charge is 2.21. The first-order valence-corrected chi connectivity index (χ1v) is 12.5. The molecule has 0 saturated heterocycles. The third-order valence-electron chi connectivity index (χ3n) is 6.26. The number of imidazole rings is 1. The first-order valence-electron chi connectivity index (χ1n) is 12.5. The van der Waals surface area contributed by atoms with Crippen molar-refractivity contribution in [1.29, 1.82) is 0 Å². The molecule has 0 aliphatic heterocycles. The zero-order chi connectivity index (χ0) is 23.5. The number of nitrogens with one attached hydrogen (secondary N) is 1. The van der Waals surface area contributed by atoms with E-state index in [9.17, 15) is 14.7 Å². The van der Waals surface area contributed by atoms with E-state index < -0.39 is 0 Å². The summed E-state index contributed by atoms with van der Waals surface area (Å²) in [6, 6.07) is 0. The maximum atomic E-state index is 13.3. The highest BCUT2D eigenvalue weighted by atomic mass is 16.3. The molecule has 0 aliphatic rings. The van der Waals surface area contributed by atoms with Crippen LogP contribution >= 0.6 is 0 Å². The largest absolute Gasteiger partial charge is 0.393 e. The van der Waals surface area contributed by atoms with Gasteiger partial charge in [-0.25, -0.2) is 14.3 Å². The fourth-order valence-corrected chi connectivity index (χ4v) is 4.33. The highest BCUT2D eigenvalue weighted by molar-refractivity contribution is 5.69. The number of hydrogen-bond donors (Lipinski definition) is 2. The van der Waals surface area contributed by atoms with E-state index in [1.54, 1.807) is 25.0 Å². The summed E-state index contributed by atoms with van der Waals surface area (Å²) in [5, 5.41) is 13.4. The van der Waals surface area contributed by atoms with Crippen molar-refractivity contribution in [3.05, 3.63) is 27.2 Å². The maximum absolute atomic E-state index is 13.3. The van der Waals surface area contributed by atoms with Gasteiger partial charge in [0, 0.05) is 14.1 Å². The molecule has 182 valence electrons. The second-order valence-corrected chi connectivity index (χ2v) is 9.01. The molecular formula is C24H43N5O3. The number of aliphatic hydroxyl groups excluding tert-OH is 1. The SMILES string of the molecule is CCCCCCNC(CCCCCCC(O)CCC)n1c(=O)c2c(ncn2C)n(C)c1=O. The van der Waals surface area contributed by atoms with E-state index in [1.165, 1.54) is 22.0 Å². The van der Waals surface area contributed by atoms with Crippen LogP contribution in [-0.4, -0.2) is 36.4 Å². The molecular weight excluding hydrogens is 406 g/mol. The van der Waals surface area contributed by atoms with Crippen LogP contribution in [0.2, 0.25) is 0 Å². The standard InChI is InChI=1S/C24H43N5O3/c1-5-7-8-13-17-25-20(16-12-10-9-11-15-19(30)14-6-2)29-23(31)21-22(26-18-27(21)3)28(4)24(29)32/h18-20,25,30H,5-17H2,1-4H3. The third kappa shape index (κ3) is 7.04. The smallest absolute Gasteiger partial charge is 0.333 e. The average molecular weight is 450 g/mol. The molecule has 2 aromatic heterocycles. The van der Waals surface area contributed by atoms with Crippen LogP contribution in [0.1, 0.15) is 97.1 Å². The van der Waals surface area contributed by atoms with E-state index in [2.05, 4.69) is 24.1 Å². The van der Waals surface area contributed by atoms with E-state index >= 15 is 0 Å². The van der Waals surface area contributed by atoms with Gasteiger partial charge in [-0.15, -0.1) is 0 Å². The van der Waals surface area contributed by atoms with Gasteiger partial charge in [0.15, 0.2) is 11.2 Å².